The van der Waals surface area contributed by atoms with Gasteiger partial charge in [0, 0.05) is 25.0 Å². The number of nitrogens with zero attached hydrogens (tertiary/aromatic N) is 1. The van der Waals surface area contributed by atoms with Crippen LogP contribution in [0.4, 0.5) is 0 Å². The summed E-state index contributed by atoms with van der Waals surface area (Å²) in [6.45, 7) is 3.79. The van der Waals surface area contributed by atoms with Crippen LogP contribution >= 0.6 is 11.3 Å². The number of aliphatic imine (C=N–C) groups is 1. The number of methoxy groups -OCH3 is 2. The second-order valence-corrected chi connectivity index (χ2v) is 6.92. The van der Waals surface area contributed by atoms with Crippen molar-refractivity contribution in [3.05, 3.63) is 46.2 Å². The van der Waals surface area contributed by atoms with Gasteiger partial charge >= 0.3 is 0 Å². The van der Waals surface area contributed by atoms with Crippen molar-refractivity contribution in [2.75, 3.05) is 27.8 Å². The Morgan fingerprint density at radius 1 is 1.16 bits per heavy atom. The molecule has 2 rings (SSSR count). The van der Waals surface area contributed by atoms with Crippen LogP contribution in [0.25, 0.3) is 0 Å². The van der Waals surface area contributed by atoms with Crippen LogP contribution in [0.3, 0.4) is 0 Å². The molecule has 0 aliphatic rings. The first kappa shape index (κ1) is 19.1. The fraction of sp³-hybridized carbons (Fsp3) is 0.421. The van der Waals surface area contributed by atoms with Crippen molar-refractivity contribution in [1.29, 1.82) is 0 Å². The molecule has 25 heavy (non-hydrogen) atoms. The lowest BCUT2D eigenvalue weighted by molar-refractivity contribution is 0.354. The van der Waals surface area contributed by atoms with Gasteiger partial charge in [-0.2, -0.15) is 0 Å². The van der Waals surface area contributed by atoms with Gasteiger partial charge in [-0.15, -0.1) is 11.3 Å². The third-order valence-electron chi connectivity index (χ3n) is 3.88. The summed E-state index contributed by atoms with van der Waals surface area (Å²) in [5.74, 6) is 2.80. The van der Waals surface area contributed by atoms with Gasteiger partial charge < -0.3 is 20.1 Å². The second kappa shape index (κ2) is 9.93. The summed E-state index contributed by atoms with van der Waals surface area (Å²) >= 11 is 1.81. The van der Waals surface area contributed by atoms with Gasteiger partial charge in [0.05, 0.1) is 14.2 Å². The Bertz CT molecular complexity index is 671. The molecule has 1 unspecified atom stereocenters. The Morgan fingerprint density at radius 2 is 1.96 bits per heavy atom. The van der Waals surface area contributed by atoms with E-state index in [2.05, 4.69) is 40.1 Å². The van der Waals surface area contributed by atoms with E-state index in [0.717, 1.165) is 36.0 Å². The second-order valence-electron chi connectivity index (χ2n) is 5.88. The summed E-state index contributed by atoms with van der Waals surface area (Å²) < 4.78 is 10.6. The average molecular weight is 362 g/mol. The van der Waals surface area contributed by atoms with Crippen LogP contribution in [0.1, 0.15) is 17.4 Å². The third-order valence-corrected chi connectivity index (χ3v) is 4.78. The number of guanidine groups is 1. The van der Waals surface area contributed by atoms with Crippen molar-refractivity contribution in [3.63, 3.8) is 0 Å². The monoisotopic (exact) mass is 361 g/mol. The van der Waals surface area contributed by atoms with E-state index in [-0.39, 0.29) is 0 Å². The van der Waals surface area contributed by atoms with E-state index in [1.54, 1.807) is 21.3 Å². The van der Waals surface area contributed by atoms with Crippen molar-refractivity contribution >= 4 is 17.3 Å². The predicted molar refractivity (Wildman–Crippen MR) is 105 cm³/mol. The smallest absolute Gasteiger partial charge is 0.191 e. The first-order valence-corrected chi connectivity index (χ1v) is 9.22. The Balaban J connectivity index is 1.82. The number of hydrogen-bond donors (Lipinski definition) is 2. The Morgan fingerprint density at radius 3 is 2.60 bits per heavy atom. The molecular weight excluding hydrogens is 334 g/mol. The van der Waals surface area contributed by atoms with Crippen molar-refractivity contribution in [2.45, 2.75) is 19.9 Å². The first-order chi connectivity index (χ1) is 12.2. The molecule has 6 heteroatoms. The molecule has 136 valence electrons. The zero-order valence-corrected chi connectivity index (χ0v) is 16.2. The lowest BCUT2D eigenvalue weighted by Crippen LogP contribution is -2.39. The van der Waals surface area contributed by atoms with E-state index in [0.29, 0.717) is 12.5 Å². The fourth-order valence-electron chi connectivity index (χ4n) is 2.51. The van der Waals surface area contributed by atoms with E-state index < -0.39 is 0 Å². The molecule has 1 atom stereocenters. The molecule has 0 fully saturated rings. The van der Waals surface area contributed by atoms with Gasteiger partial charge in [0.25, 0.3) is 0 Å². The molecule has 0 saturated carbocycles. The zero-order chi connectivity index (χ0) is 18.1. The van der Waals surface area contributed by atoms with Crippen molar-refractivity contribution in [3.8, 4) is 11.5 Å². The van der Waals surface area contributed by atoms with Crippen LogP contribution in [0.15, 0.2) is 40.7 Å². The highest BCUT2D eigenvalue weighted by molar-refractivity contribution is 7.09. The van der Waals surface area contributed by atoms with Crippen LogP contribution in [0, 0.1) is 5.92 Å². The number of ether oxygens (including phenoxy) is 2. The highest BCUT2D eigenvalue weighted by Gasteiger charge is 2.07. The quantitative estimate of drug-likeness (QED) is 0.559. The normalized spacial score (nSPS) is 12.6. The first-order valence-electron chi connectivity index (χ1n) is 8.34. The summed E-state index contributed by atoms with van der Waals surface area (Å²) in [7, 11) is 5.07. The minimum Gasteiger partial charge on any atom is -0.493 e. The van der Waals surface area contributed by atoms with E-state index in [9.17, 15) is 0 Å². The molecule has 1 aromatic heterocycles. The highest BCUT2D eigenvalue weighted by atomic mass is 32.1. The van der Waals surface area contributed by atoms with Gasteiger partial charge in [-0.1, -0.05) is 19.1 Å². The average Bonchev–Trinajstić information content (AvgIpc) is 3.14. The number of benzene rings is 1. The summed E-state index contributed by atoms with van der Waals surface area (Å²) in [5, 5.41) is 8.85. The SMILES string of the molecule is CN=C(NCc1ccc(OC)c(OC)c1)NCC(C)Cc1cccs1. The topological polar surface area (TPSA) is 54.9 Å². The number of nitrogens with one attached hydrogen (secondary N) is 2. The van der Waals surface area contributed by atoms with Crippen molar-refractivity contribution in [2.24, 2.45) is 10.9 Å². The van der Waals surface area contributed by atoms with Crippen LogP contribution in [0.5, 0.6) is 11.5 Å². The van der Waals surface area contributed by atoms with Gasteiger partial charge in [0.15, 0.2) is 17.5 Å². The van der Waals surface area contributed by atoms with Gasteiger partial charge in [0.2, 0.25) is 0 Å². The molecule has 1 heterocycles. The number of rotatable bonds is 8. The summed E-state index contributed by atoms with van der Waals surface area (Å²) in [6.07, 6.45) is 1.08. The van der Waals surface area contributed by atoms with Gasteiger partial charge in [-0.05, 0) is 41.5 Å². The molecule has 2 N–H and O–H groups in total. The Labute approximate surface area is 154 Å². The van der Waals surface area contributed by atoms with Crippen molar-refractivity contribution < 1.29 is 9.47 Å². The maximum absolute atomic E-state index is 5.34. The molecule has 5 nitrogen and oxygen atoms in total. The number of hydrogen-bond acceptors (Lipinski definition) is 4. The van der Waals surface area contributed by atoms with Crippen LogP contribution in [0.2, 0.25) is 0 Å². The molecule has 0 radical (unpaired) electrons. The minimum absolute atomic E-state index is 0.540. The summed E-state index contributed by atoms with van der Waals surface area (Å²) in [6, 6.07) is 10.2. The Hall–Kier alpha value is -2.21. The predicted octanol–water partition coefficient (Wildman–Crippen LogP) is 3.31. The van der Waals surface area contributed by atoms with E-state index in [4.69, 9.17) is 9.47 Å². The maximum Gasteiger partial charge on any atom is 0.191 e. The molecule has 2 aromatic rings. The molecule has 0 aliphatic carbocycles. The van der Waals surface area contributed by atoms with Gasteiger partial charge in [0.1, 0.15) is 0 Å². The zero-order valence-electron chi connectivity index (χ0n) is 15.3. The standard InChI is InChI=1S/C19H27N3O2S/c1-14(10-16-6-5-9-25-16)12-21-19(20-2)22-13-15-7-8-17(23-3)18(11-15)24-4/h5-9,11,14H,10,12-13H2,1-4H3,(H2,20,21,22). The summed E-state index contributed by atoms with van der Waals surface area (Å²) in [5.41, 5.74) is 1.10. The Kier molecular flexibility index (Phi) is 7.60. The maximum atomic E-state index is 5.34. The largest absolute Gasteiger partial charge is 0.493 e. The molecule has 0 spiro atoms. The molecule has 1 aromatic carbocycles. The van der Waals surface area contributed by atoms with Crippen LogP contribution < -0.4 is 20.1 Å². The molecular formula is C19H27N3O2S. The van der Waals surface area contributed by atoms with Gasteiger partial charge in [-0.3, -0.25) is 4.99 Å². The molecule has 0 aliphatic heterocycles. The van der Waals surface area contributed by atoms with Crippen LogP contribution in [-0.2, 0) is 13.0 Å². The van der Waals surface area contributed by atoms with Crippen LogP contribution in [-0.4, -0.2) is 33.8 Å². The number of thiophene rings is 1. The summed E-state index contributed by atoms with van der Waals surface area (Å²) in [4.78, 5) is 5.71. The molecule has 0 amide bonds. The van der Waals surface area contributed by atoms with E-state index in [1.165, 1.54) is 4.88 Å². The molecule has 0 bridgehead atoms. The lowest BCUT2D eigenvalue weighted by atomic mass is 10.1. The third kappa shape index (κ3) is 5.98. The van der Waals surface area contributed by atoms with E-state index >= 15 is 0 Å². The minimum atomic E-state index is 0.540. The van der Waals surface area contributed by atoms with Crippen molar-refractivity contribution in [1.82, 2.24) is 10.6 Å². The fourth-order valence-corrected chi connectivity index (χ4v) is 3.38. The lowest BCUT2D eigenvalue weighted by Gasteiger charge is -2.16. The molecule has 0 saturated heterocycles. The van der Waals surface area contributed by atoms with Gasteiger partial charge in [-0.25, -0.2) is 0 Å². The van der Waals surface area contributed by atoms with E-state index in [1.807, 2.05) is 29.5 Å². The highest BCUT2D eigenvalue weighted by Crippen LogP contribution is 2.27.